The Kier molecular flexibility index (Phi) is 2.45. The van der Waals surface area contributed by atoms with Gasteiger partial charge in [0.1, 0.15) is 5.15 Å². The summed E-state index contributed by atoms with van der Waals surface area (Å²) < 4.78 is 19.6. The van der Waals surface area contributed by atoms with E-state index in [9.17, 15) is 4.21 Å². The molecule has 0 saturated heterocycles. The lowest BCUT2D eigenvalue weighted by atomic mass is 10.3. The number of hydrogen-bond acceptors (Lipinski definition) is 3. The van der Waals surface area contributed by atoms with E-state index in [1.165, 1.54) is 18.3 Å². The Labute approximate surface area is 87.2 Å². The number of benzene rings is 1. The van der Waals surface area contributed by atoms with Crippen molar-refractivity contribution in [3.63, 3.8) is 0 Å². The normalized spacial score (nSPS) is 13.0. The molecule has 14 heavy (non-hydrogen) atoms. The summed E-state index contributed by atoms with van der Waals surface area (Å²) in [6.45, 7) is 0. The van der Waals surface area contributed by atoms with Crippen molar-refractivity contribution in [2.75, 3.05) is 0 Å². The van der Waals surface area contributed by atoms with Crippen molar-refractivity contribution in [1.29, 1.82) is 0 Å². The van der Waals surface area contributed by atoms with Crippen molar-refractivity contribution in [3.8, 4) is 0 Å². The van der Waals surface area contributed by atoms with Crippen LogP contribution in [0, 0.1) is 0 Å². The molecule has 0 radical (unpaired) electrons. The van der Waals surface area contributed by atoms with Gasteiger partial charge in [-0.15, -0.1) is 0 Å². The molecule has 2 rings (SSSR count). The smallest absolute Gasteiger partial charge is 0.186 e. The molecule has 1 unspecified atom stereocenters. The monoisotopic (exact) mass is 228 g/mol. The molecular weight excluding hydrogens is 224 g/mol. The predicted molar refractivity (Wildman–Crippen MR) is 53.6 cm³/mol. The highest BCUT2D eigenvalue weighted by Gasteiger charge is 2.03. The first-order chi connectivity index (χ1) is 6.66. The fourth-order valence-electron chi connectivity index (χ4n) is 1.08. The Bertz CT molecular complexity index is 518. The summed E-state index contributed by atoms with van der Waals surface area (Å²) in [4.78, 5) is 8.27. The fourth-order valence-corrected chi connectivity index (χ4v) is 1.61. The minimum atomic E-state index is -2.00. The topological polar surface area (TPSA) is 63.1 Å². The van der Waals surface area contributed by atoms with Crippen LogP contribution in [-0.2, 0) is 11.1 Å². The van der Waals surface area contributed by atoms with Gasteiger partial charge in [0.25, 0.3) is 0 Å². The molecule has 72 valence electrons. The lowest BCUT2D eigenvalue weighted by molar-refractivity contribution is 0.564. The number of rotatable bonds is 1. The summed E-state index contributed by atoms with van der Waals surface area (Å²) in [7, 11) is 0. The molecule has 1 heterocycles. The van der Waals surface area contributed by atoms with Gasteiger partial charge in [0.15, 0.2) is 11.1 Å². The van der Waals surface area contributed by atoms with E-state index in [1.807, 2.05) is 0 Å². The van der Waals surface area contributed by atoms with E-state index >= 15 is 0 Å². The standard InChI is InChI=1S/C8H5ClN2O2S/c9-8-4-10-6-2-1-5(14(12)13)3-7(6)11-8/h1-4H,(H,12,13). The van der Waals surface area contributed by atoms with Crippen molar-refractivity contribution in [2.45, 2.75) is 4.90 Å². The summed E-state index contributed by atoms with van der Waals surface area (Å²) in [5, 5.41) is 0.262. The van der Waals surface area contributed by atoms with Crippen LogP contribution in [0.15, 0.2) is 29.3 Å². The molecule has 1 aromatic carbocycles. The molecule has 0 amide bonds. The highest BCUT2D eigenvalue weighted by Crippen LogP contribution is 2.15. The van der Waals surface area contributed by atoms with Crippen molar-refractivity contribution < 1.29 is 8.76 Å². The van der Waals surface area contributed by atoms with E-state index in [1.54, 1.807) is 6.07 Å². The molecule has 0 aliphatic rings. The van der Waals surface area contributed by atoms with Gasteiger partial charge in [0.05, 0.1) is 22.1 Å². The highest BCUT2D eigenvalue weighted by molar-refractivity contribution is 7.79. The van der Waals surface area contributed by atoms with Gasteiger partial charge in [-0.05, 0) is 18.2 Å². The van der Waals surface area contributed by atoms with Crippen LogP contribution < -0.4 is 0 Å². The van der Waals surface area contributed by atoms with E-state index < -0.39 is 11.1 Å². The van der Waals surface area contributed by atoms with E-state index in [-0.39, 0.29) is 10.0 Å². The number of hydrogen-bond donors (Lipinski definition) is 1. The van der Waals surface area contributed by atoms with Gasteiger partial charge in [-0.2, -0.15) is 0 Å². The average Bonchev–Trinajstić information content (AvgIpc) is 2.16. The molecule has 0 saturated carbocycles. The Morgan fingerprint density at radius 3 is 2.86 bits per heavy atom. The number of aromatic nitrogens is 2. The van der Waals surface area contributed by atoms with E-state index in [0.717, 1.165) is 0 Å². The molecule has 1 N–H and O–H groups in total. The lowest BCUT2D eigenvalue weighted by Gasteiger charge is -1.98. The minimum Gasteiger partial charge on any atom is -0.302 e. The predicted octanol–water partition coefficient (Wildman–Crippen LogP) is 1.86. The van der Waals surface area contributed by atoms with Gasteiger partial charge in [0, 0.05) is 0 Å². The molecule has 1 atom stereocenters. The molecular formula is C8H5ClN2O2S. The van der Waals surface area contributed by atoms with Crippen LogP contribution in [0.3, 0.4) is 0 Å². The quantitative estimate of drug-likeness (QED) is 0.757. The Hall–Kier alpha value is -1.04. The SMILES string of the molecule is O=S(O)c1ccc2ncc(Cl)nc2c1. The Morgan fingerprint density at radius 2 is 2.14 bits per heavy atom. The number of fused-ring (bicyclic) bond motifs is 1. The van der Waals surface area contributed by atoms with Crippen LogP contribution in [0.1, 0.15) is 0 Å². The highest BCUT2D eigenvalue weighted by atomic mass is 35.5. The average molecular weight is 229 g/mol. The summed E-state index contributed by atoms with van der Waals surface area (Å²) in [5.41, 5.74) is 1.15. The first-order valence-corrected chi connectivity index (χ1v) is 5.18. The fraction of sp³-hybridized carbons (Fsp3) is 0. The van der Waals surface area contributed by atoms with Crippen molar-refractivity contribution in [1.82, 2.24) is 9.97 Å². The van der Waals surface area contributed by atoms with Gasteiger partial charge in [0.2, 0.25) is 0 Å². The third kappa shape index (κ3) is 1.75. The number of halogens is 1. The van der Waals surface area contributed by atoms with Crippen LogP contribution in [0.4, 0.5) is 0 Å². The zero-order chi connectivity index (χ0) is 10.1. The third-order valence-corrected chi connectivity index (χ3v) is 2.53. The zero-order valence-corrected chi connectivity index (χ0v) is 8.42. The second-order valence-corrected chi connectivity index (χ2v) is 3.95. The van der Waals surface area contributed by atoms with E-state index in [0.29, 0.717) is 11.0 Å². The van der Waals surface area contributed by atoms with Crippen LogP contribution >= 0.6 is 11.6 Å². The molecule has 1 aromatic heterocycles. The summed E-state index contributed by atoms with van der Waals surface area (Å²) in [6.07, 6.45) is 1.43. The van der Waals surface area contributed by atoms with Crippen molar-refractivity contribution >= 4 is 33.7 Å². The zero-order valence-electron chi connectivity index (χ0n) is 6.85. The third-order valence-electron chi connectivity index (χ3n) is 1.69. The second kappa shape index (κ2) is 3.61. The van der Waals surface area contributed by atoms with Gasteiger partial charge >= 0.3 is 0 Å². The van der Waals surface area contributed by atoms with E-state index in [2.05, 4.69) is 9.97 Å². The molecule has 0 spiro atoms. The molecule has 2 aromatic rings. The second-order valence-electron chi connectivity index (χ2n) is 2.59. The first-order valence-electron chi connectivity index (χ1n) is 3.70. The molecule has 0 fully saturated rings. The van der Waals surface area contributed by atoms with Gasteiger partial charge < -0.3 is 4.55 Å². The number of nitrogens with zero attached hydrogens (tertiary/aromatic N) is 2. The molecule has 0 aliphatic carbocycles. The van der Waals surface area contributed by atoms with E-state index in [4.69, 9.17) is 16.2 Å². The summed E-state index contributed by atoms with van der Waals surface area (Å²) >= 11 is 3.64. The van der Waals surface area contributed by atoms with Crippen LogP contribution in [0.25, 0.3) is 11.0 Å². The Morgan fingerprint density at radius 1 is 1.36 bits per heavy atom. The maximum atomic E-state index is 10.8. The molecule has 4 nitrogen and oxygen atoms in total. The lowest BCUT2D eigenvalue weighted by Crippen LogP contribution is -1.90. The van der Waals surface area contributed by atoms with Crippen molar-refractivity contribution in [3.05, 3.63) is 29.5 Å². The van der Waals surface area contributed by atoms with Crippen LogP contribution in [-0.4, -0.2) is 18.7 Å². The minimum absolute atomic E-state index is 0.262. The summed E-state index contributed by atoms with van der Waals surface area (Å²) in [5.74, 6) is 0. The van der Waals surface area contributed by atoms with Gasteiger partial charge in [-0.25, -0.2) is 9.19 Å². The maximum Gasteiger partial charge on any atom is 0.186 e. The Balaban J connectivity index is 2.69. The molecule has 0 aliphatic heterocycles. The van der Waals surface area contributed by atoms with Crippen molar-refractivity contribution in [2.24, 2.45) is 0 Å². The maximum absolute atomic E-state index is 10.8. The van der Waals surface area contributed by atoms with Gasteiger partial charge in [-0.3, -0.25) is 4.98 Å². The van der Waals surface area contributed by atoms with Crippen LogP contribution in [0.2, 0.25) is 5.15 Å². The largest absolute Gasteiger partial charge is 0.302 e. The van der Waals surface area contributed by atoms with Gasteiger partial charge in [-0.1, -0.05) is 11.6 Å². The van der Waals surface area contributed by atoms with Crippen LogP contribution in [0.5, 0.6) is 0 Å². The molecule has 0 bridgehead atoms. The molecule has 6 heteroatoms. The first kappa shape index (κ1) is 9.51. The summed E-state index contributed by atoms with van der Waals surface area (Å²) in [6, 6.07) is 4.65.